The second-order valence-corrected chi connectivity index (χ2v) is 6.31. The first kappa shape index (κ1) is 12.9. The third kappa shape index (κ3) is 2.90. The van der Waals surface area contributed by atoms with Crippen molar-refractivity contribution in [1.29, 1.82) is 0 Å². The van der Waals surface area contributed by atoms with Crippen molar-refractivity contribution in [2.45, 2.75) is 31.1 Å². The first-order valence-corrected chi connectivity index (χ1v) is 6.66. The molecule has 0 amide bonds. The van der Waals surface area contributed by atoms with Crippen LogP contribution in [0.5, 0.6) is 0 Å². The minimum atomic E-state index is -3.36. The third-order valence-electron chi connectivity index (χ3n) is 2.87. The molecule has 0 aliphatic carbocycles. The molecule has 1 saturated heterocycles. The maximum atomic E-state index is 11.9. The van der Waals surface area contributed by atoms with Crippen LogP contribution >= 0.6 is 0 Å². The van der Waals surface area contributed by atoms with Gasteiger partial charge in [-0.3, -0.25) is 0 Å². The Morgan fingerprint density at radius 1 is 1.47 bits per heavy atom. The predicted molar refractivity (Wildman–Crippen MR) is 57.1 cm³/mol. The molecular weight excluding hydrogens is 218 g/mol. The van der Waals surface area contributed by atoms with Gasteiger partial charge in [-0.15, -0.1) is 0 Å². The summed E-state index contributed by atoms with van der Waals surface area (Å²) in [6.07, 6.45) is 1.46. The van der Waals surface area contributed by atoms with E-state index in [2.05, 4.69) is 0 Å². The molecule has 1 heterocycles. The van der Waals surface area contributed by atoms with E-state index in [1.807, 2.05) is 0 Å². The van der Waals surface area contributed by atoms with Crippen LogP contribution in [0.25, 0.3) is 0 Å². The van der Waals surface area contributed by atoms with Gasteiger partial charge in [0.15, 0.2) is 0 Å². The maximum absolute atomic E-state index is 11.9. The molecule has 0 aromatic heterocycles. The van der Waals surface area contributed by atoms with Crippen LogP contribution in [-0.4, -0.2) is 56.0 Å². The molecule has 0 saturated carbocycles. The molecule has 0 spiro atoms. The molecule has 0 bridgehead atoms. The molecule has 1 fully saturated rings. The summed E-state index contributed by atoms with van der Waals surface area (Å²) < 4.78 is 30.3. The lowest BCUT2D eigenvalue weighted by Crippen LogP contribution is -2.45. The molecular formula is C9H19NO4S. The van der Waals surface area contributed by atoms with Crippen LogP contribution in [0.3, 0.4) is 0 Å². The Morgan fingerprint density at radius 3 is 2.47 bits per heavy atom. The summed E-state index contributed by atoms with van der Waals surface area (Å²) in [5.74, 6) is 0. The average molecular weight is 237 g/mol. The van der Waals surface area contributed by atoms with Crippen LogP contribution in [0.15, 0.2) is 0 Å². The number of rotatable bonds is 4. The molecule has 1 unspecified atom stereocenters. The summed E-state index contributed by atoms with van der Waals surface area (Å²) in [7, 11) is -1.78. The second kappa shape index (κ2) is 5.25. The molecule has 1 atom stereocenters. The molecule has 1 N–H and O–H groups in total. The molecule has 1 aliphatic rings. The minimum absolute atomic E-state index is 0.0118. The summed E-state index contributed by atoms with van der Waals surface area (Å²) in [5, 5.41) is 8.16. The predicted octanol–water partition coefficient (Wildman–Crippen LogP) is -0.192. The minimum Gasteiger partial charge on any atom is -0.395 e. The fourth-order valence-corrected chi connectivity index (χ4v) is 3.02. The van der Waals surface area contributed by atoms with E-state index in [-0.39, 0.29) is 12.6 Å². The molecule has 5 nitrogen and oxygen atoms in total. The fraction of sp³-hybridized carbons (Fsp3) is 1.00. The van der Waals surface area contributed by atoms with Gasteiger partial charge in [0.05, 0.1) is 11.9 Å². The summed E-state index contributed by atoms with van der Waals surface area (Å²) >= 11 is 0. The monoisotopic (exact) mass is 237 g/mol. The van der Waals surface area contributed by atoms with Crippen molar-refractivity contribution in [1.82, 2.24) is 4.31 Å². The molecule has 0 aromatic rings. The van der Waals surface area contributed by atoms with E-state index in [1.54, 1.807) is 7.05 Å². The van der Waals surface area contributed by atoms with Crippen LogP contribution in [0.4, 0.5) is 0 Å². The maximum Gasteiger partial charge on any atom is 0.218 e. The van der Waals surface area contributed by atoms with Gasteiger partial charge in [-0.25, -0.2) is 12.7 Å². The van der Waals surface area contributed by atoms with E-state index < -0.39 is 15.3 Å². The standard InChI is InChI=1S/C9H19NO4S/c1-8(7-11)15(12,13)10(2)9-3-5-14-6-4-9/h8-9,11H,3-7H2,1-2H3. The zero-order valence-electron chi connectivity index (χ0n) is 9.22. The van der Waals surface area contributed by atoms with E-state index in [1.165, 1.54) is 11.2 Å². The Balaban J connectivity index is 2.69. The number of sulfonamides is 1. The number of nitrogens with zero attached hydrogens (tertiary/aromatic N) is 1. The lowest BCUT2D eigenvalue weighted by Gasteiger charge is -2.31. The van der Waals surface area contributed by atoms with Crippen LogP contribution in [-0.2, 0) is 14.8 Å². The normalized spacial score (nSPS) is 21.9. The topological polar surface area (TPSA) is 66.8 Å². The third-order valence-corrected chi connectivity index (χ3v) is 5.14. The van der Waals surface area contributed by atoms with Gasteiger partial charge in [0.1, 0.15) is 0 Å². The van der Waals surface area contributed by atoms with Crippen LogP contribution in [0.2, 0.25) is 0 Å². The van der Waals surface area contributed by atoms with Crippen molar-refractivity contribution in [3.8, 4) is 0 Å². The van der Waals surface area contributed by atoms with Gasteiger partial charge in [-0.1, -0.05) is 0 Å². The average Bonchev–Trinajstić information content (AvgIpc) is 2.28. The number of ether oxygens (including phenoxy) is 1. The molecule has 1 aliphatic heterocycles. The second-order valence-electron chi connectivity index (χ2n) is 3.90. The molecule has 90 valence electrons. The summed E-state index contributed by atoms with van der Waals surface area (Å²) in [6.45, 7) is 2.40. The van der Waals surface area contributed by atoms with Crippen LogP contribution in [0, 0.1) is 0 Å². The van der Waals surface area contributed by atoms with Gasteiger partial charge < -0.3 is 9.84 Å². The van der Waals surface area contributed by atoms with Gasteiger partial charge >= 0.3 is 0 Å². The number of aliphatic hydroxyl groups excluding tert-OH is 1. The Hall–Kier alpha value is -0.170. The van der Waals surface area contributed by atoms with E-state index in [9.17, 15) is 8.42 Å². The lowest BCUT2D eigenvalue weighted by atomic mass is 10.1. The lowest BCUT2D eigenvalue weighted by molar-refractivity contribution is 0.0628. The van der Waals surface area contributed by atoms with Crippen molar-refractivity contribution in [2.24, 2.45) is 0 Å². The van der Waals surface area contributed by atoms with Crippen LogP contribution < -0.4 is 0 Å². The van der Waals surface area contributed by atoms with Crippen molar-refractivity contribution in [2.75, 3.05) is 26.9 Å². The van der Waals surface area contributed by atoms with Gasteiger partial charge in [-0.2, -0.15) is 0 Å². The van der Waals surface area contributed by atoms with Crippen molar-refractivity contribution in [3.05, 3.63) is 0 Å². The van der Waals surface area contributed by atoms with Gasteiger partial charge in [0, 0.05) is 26.3 Å². The smallest absolute Gasteiger partial charge is 0.218 e. The van der Waals surface area contributed by atoms with Crippen molar-refractivity contribution in [3.63, 3.8) is 0 Å². The summed E-state index contributed by atoms with van der Waals surface area (Å²) in [6, 6.07) is 0.0118. The highest BCUT2D eigenvalue weighted by Crippen LogP contribution is 2.18. The van der Waals surface area contributed by atoms with E-state index in [0.717, 1.165) is 12.8 Å². The quantitative estimate of drug-likeness (QED) is 0.736. The van der Waals surface area contributed by atoms with E-state index >= 15 is 0 Å². The zero-order chi connectivity index (χ0) is 11.5. The fourth-order valence-electron chi connectivity index (χ4n) is 1.63. The highest BCUT2D eigenvalue weighted by Gasteiger charge is 2.31. The van der Waals surface area contributed by atoms with Gasteiger partial charge in [0.2, 0.25) is 10.0 Å². The highest BCUT2D eigenvalue weighted by molar-refractivity contribution is 7.89. The first-order valence-electron chi connectivity index (χ1n) is 5.15. The molecule has 1 rings (SSSR count). The van der Waals surface area contributed by atoms with Gasteiger partial charge in [-0.05, 0) is 19.8 Å². The van der Waals surface area contributed by atoms with E-state index in [0.29, 0.717) is 13.2 Å². The first-order chi connectivity index (χ1) is 7.00. The SMILES string of the molecule is CC(CO)S(=O)(=O)N(C)C1CCOCC1. The molecule has 6 heteroatoms. The van der Waals surface area contributed by atoms with Crippen molar-refractivity contribution >= 4 is 10.0 Å². The Bertz CT molecular complexity index is 284. The van der Waals surface area contributed by atoms with E-state index in [4.69, 9.17) is 9.84 Å². The Labute approximate surface area is 91.1 Å². The molecule has 0 radical (unpaired) electrons. The van der Waals surface area contributed by atoms with Crippen molar-refractivity contribution < 1.29 is 18.3 Å². The summed E-state index contributed by atoms with van der Waals surface area (Å²) in [5.41, 5.74) is 0. The number of hydrogen-bond acceptors (Lipinski definition) is 4. The largest absolute Gasteiger partial charge is 0.395 e. The summed E-state index contributed by atoms with van der Waals surface area (Å²) in [4.78, 5) is 0. The number of hydrogen-bond donors (Lipinski definition) is 1. The highest BCUT2D eigenvalue weighted by atomic mass is 32.2. The Morgan fingerprint density at radius 2 is 2.00 bits per heavy atom. The zero-order valence-corrected chi connectivity index (χ0v) is 10.0. The Kier molecular flexibility index (Phi) is 4.51. The van der Waals surface area contributed by atoms with Crippen LogP contribution in [0.1, 0.15) is 19.8 Å². The van der Waals surface area contributed by atoms with Gasteiger partial charge in [0.25, 0.3) is 0 Å². The number of aliphatic hydroxyl groups is 1. The molecule has 15 heavy (non-hydrogen) atoms. The molecule has 0 aromatic carbocycles.